The van der Waals surface area contributed by atoms with Crippen molar-refractivity contribution >= 4 is 5.91 Å². The van der Waals surface area contributed by atoms with Crippen molar-refractivity contribution in [2.75, 3.05) is 20.3 Å². The fraction of sp³-hybridized carbons (Fsp3) is 0.923. The van der Waals surface area contributed by atoms with Crippen LogP contribution in [0.25, 0.3) is 0 Å². The second-order valence-corrected chi connectivity index (χ2v) is 5.18. The predicted molar refractivity (Wildman–Crippen MR) is 71.0 cm³/mol. The van der Waals surface area contributed by atoms with Gasteiger partial charge in [0.2, 0.25) is 5.91 Å². The van der Waals surface area contributed by atoms with Crippen LogP contribution in [-0.4, -0.2) is 38.3 Å². The zero-order valence-electron chi connectivity index (χ0n) is 11.9. The molecule has 0 aliphatic carbocycles. The second kappa shape index (κ2) is 9.42. The van der Waals surface area contributed by atoms with Gasteiger partial charge in [-0.1, -0.05) is 13.8 Å². The SMILES string of the molecule is COCC(C)NC(=O)CNC(C)CCC(C)C. The normalized spacial score (nSPS) is 14.7. The van der Waals surface area contributed by atoms with Crippen LogP contribution in [0, 0.1) is 5.92 Å². The summed E-state index contributed by atoms with van der Waals surface area (Å²) in [5.74, 6) is 0.751. The summed E-state index contributed by atoms with van der Waals surface area (Å²) in [7, 11) is 1.63. The first-order valence-electron chi connectivity index (χ1n) is 6.47. The molecule has 0 aromatic rings. The van der Waals surface area contributed by atoms with Crippen LogP contribution < -0.4 is 10.6 Å². The van der Waals surface area contributed by atoms with E-state index in [2.05, 4.69) is 31.4 Å². The van der Waals surface area contributed by atoms with Crippen molar-refractivity contribution in [1.82, 2.24) is 10.6 Å². The van der Waals surface area contributed by atoms with Crippen LogP contribution in [-0.2, 0) is 9.53 Å². The Morgan fingerprint density at radius 2 is 1.76 bits per heavy atom. The summed E-state index contributed by atoms with van der Waals surface area (Å²) in [4.78, 5) is 11.5. The van der Waals surface area contributed by atoms with Crippen LogP contribution in [0.5, 0.6) is 0 Å². The first-order valence-corrected chi connectivity index (χ1v) is 6.47. The Hall–Kier alpha value is -0.610. The predicted octanol–water partition coefficient (Wildman–Crippen LogP) is 1.55. The smallest absolute Gasteiger partial charge is 0.234 e. The molecule has 0 heterocycles. The molecule has 0 spiro atoms. The lowest BCUT2D eigenvalue weighted by Gasteiger charge is -2.16. The fourth-order valence-corrected chi connectivity index (χ4v) is 1.57. The number of amides is 1. The molecular weight excluding hydrogens is 216 g/mol. The molecule has 2 atom stereocenters. The van der Waals surface area contributed by atoms with Gasteiger partial charge in [-0.3, -0.25) is 4.79 Å². The second-order valence-electron chi connectivity index (χ2n) is 5.18. The Balaban J connectivity index is 3.61. The van der Waals surface area contributed by atoms with Crippen molar-refractivity contribution in [3.63, 3.8) is 0 Å². The Morgan fingerprint density at radius 1 is 1.12 bits per heavy atom. The molecule has 0 saturated carbocycles. The largest absolute Gasteiger partial charge is 0.383 e. The molecule has 1 amide bonds. The van der Waals surface area contributed by atoms with E-state index in [1.807, 2.05) is 6.92 Å². The number of ether oxygens (including phenoxy) is 1. The van der Waals surface area contributed by atoms with Crippen LogP contribution >= 0.6 is 0 Å². The van der Waals surface area contributed by atoms with Gasteiger partial charge in [0.15, 0.2) is 0 Å². The average Bonchev–Trinajstić information content (AvgIpc) is 2.23. The maximum Gasteiger partial charge on any atom is 0.234 e. The Bertz CT molecular complexity index is 208. The van der Waals surface area contributed by atoms with Gasteiger partial charge in [0.25, 0.3) is 0 Å². The topological polar surface area (TPSA) is 50.4 Å². The van der Waals surface area contributed by atoms with E-state index >= 15 is 0 Å². The molecule has 0 bridgehead atoms. The molecule has 2 N–H and O–H groups in total. The lowest BCUT2D eigenvalue weighted by atomic mass is 10.0. The summed E-state index contributed by atoms with van der Waals surface area (Å²) >= 11 is 0. The van der Waals surface area contributed by atoms with Crippen molar-refractivity contribution in [2.45, 2.75) is 52.6 Å². The lowest BCUT2D eigenvalue weighted by molar-refractivity contribution is -0.121. The van der Waals surface area contributed by atoms with E-state index in [1.165, 1.54) is 6.42 Å². The quantitative estimate of drug-likeness (QED) is 0.647. The van der Waals surface area contributed by atoms with Gasteiger partial charge in [-0.2, -0.15) is 0 Å². The third kappa shape index (κ3) is 10.3. The van der Waals surface area contributed by atoms with E-state index in [1.54, 1.807) is 7.11 Å². The van der Waals surface area contributed by atoms with E-state index in [4.69, 9.17) is 4.74 Å². The van der Waals surface area contributed by atoms with Gasteiger partial charge in [-0.05, 0) is 32.6 Å². The molecule has 0 fully saturated rings. The Labute approximate surface area is 105 Å². The standard InChI is InChI=1S/C13H28N2O2/c1-10(2)6-7-11(3)14-8-13(16)15-12(4)9-17-5/h10-12,14H,6-9H2,1-5H3,(H,15,16). The maximum absolute atomic E-state index is 11.5. The molecule has 102 valence electrons. The maximum atomic E-state index is 11.5. The van der Waals surface area contributed by atoms with E-state index in [9.17, 15) is 4.79 Å². The monoisotopic (exact) mass is 244 g/mol. The minimum atomic E-state index is 0.0333. The lowest BCUT2D eigenvalue weighted by Crippen LogP contribution is -2.43. The third-order valence-electron chi connectivity index (χ3n) is 2.61. The third-order valence-corrected chi connectivity index (χ3v) is 2.61. The highest BCUT2D eigenvalue weighted by Gasteiger charge is 2.09. The number of methoxy groups -OCH3 is 1. The number of hydrogen-bond acceptors (Lipinski definition) is 3. The molecule has 0 saturated heterocycles. The van der Waals surface area contributed by atoms with E-state index in [0.29, 0.717) is 19.2 Å². The van der Waals surface area contributed by atoms with E-state index < -0.39 is 0 Å². The number of nitrogens with one attached hydrogen (secondary N) is 2. The van der Waals surface area contributed by atoms with Gasteiger partial charge in [0.1, 0.15) is 0 Å². The van der Waals surface area contributed by atoms with Crippen LogP contribution in [0.15, 0.2) is 0 Å². The molecule has 2 unspecified atom stereocenters. The molecule has 4 nitrogen and oxygen atoms in total. The molecule has 17 heavy (non-hydrogen) atoms. The minimum absolute atomic E-state index is 0.0333. The van der Waals surface area contributed by atoms with Gasteiger partial charge < -0.3 is 15.4 Å². The van der Waals surface area contributed by atoms with Crippen LogP contribution in [0.2, 0.25) is 0 Å². The minimum Gasteiger partial charge on any atom is -0.383 e. The molecule has 0 aliphatic heterocycles. The first-order chi connectivity index (χ1) is 7.95. The highest BCUT2D eigenvalue weighted by molar-refractivity contribution is 5.78. The fourth-order valence-electron chi connectivity index (χ4n) is 1.57. The zero-order valence-corrected chi connectivity index (χ0v) is 11.9. The van der Waals surface area contributed by atoms with Gasteiger partial charge in [-0.15, -0.1) is 0 Å². The van der Waals surface area contributed by atoms with Crippen molar-refractivity contribution in [3.8, 4) is 0 Å². The molecule has 0 aromatic heterocycles. The molecule has 0 rings (SSSR count). The highest BCUT2D eigenvalue weighted by Crippen LogP contribution is 2.05. The van der Waals surface area contributed by atoms with Gasteiger partial charge in [-0.25, -0.2) is 0 Å². The summed E-state index contributed by atoms with van der Waals surface area (Å²) in [6, 6.07) is 0.459. The molecular formula is C13H28N2O2. The zero-order chi connectivity index (χ0) is 13.3. The number of rotatable bonds is 9. The Morgan fingerprint density at radius 3 is 2.29 bits per heavy atom. The van der Waals surface area contributed by atoms with Crippen LogP contribution in [0.1, 0.15) is 40.5 Å². The average molecular weight is 244 g/mol. The van der Waals surface area contributed by atoms with Gasteiger partial charge in [0.05, 0.1) is 13.2 Å². The van der Waals surface area contributed by atoms with Crippen LogP contribution in [0.3, 0.4) is 0 Å². The number of carbonyl (C=O) groups excluding carboxylic acids is 1. The summed E-state index contributed by atoms with van der Waals surface area (Å²) < 4.78 is 4.96. The number of hydrogen-bond donors (Lipinski definition) is 2. The van der Waals surface area contributed by atoms with Gasteiger partial charge >= 0.3 is 0 Å². The van der Waals surface area contributed by atoms with Gasteiger partial charge in [0, 0.05) is 19.2 Å². The van der Waals surface area contributed by atoms with Crippen molar-refractivity contribution < 1.29 is 9.53 Å². The van der Waals surface area contributed by atoms with Crippen molar-refractivity contribution in [3.05, 3.63) is 0 Å². The van der Waals surface area contributed by atoms with Crippen molar-refractivity contribution in [1.29, 1.82) is 0 Å². The molecule has 0 aliphatic rings. The summed E-state index contributed by atoms with van der Waals surface area (Å²) in [5.41, 5.74) is 0. The summed E-state index contributed by atoms with van der Waals surface area (Å²) in [6.45, 7) is 9.41. The van der Waals surface area contributed by atoms with E-state index in [-0.39, 0.29) is 11.9 Å². The Kier molecular flexibility index (Phi) is 9.09. The molecule has 0 aromatic carbocycles. The number of carbonyl (C=O) groups is 1. The molecule has 4 heteroatoms. The summed E-state index contributed by atoms with van der Waals surface area (Å²) in [6.07, 6.45) is 2.30. The highest BCUT2D eigenvalue weighted by atomic mass is 16.5. The van der Waals surface area contributed by atoms with E-state index in [0.717, 1.165) is 12.3 Å². The molecule has 0 radical (unpaired) electrons. The van der Waals surface area contributed by atoms with Crippen LogP contribution in [0.4, 0.5) is 0 Å². The van der Waals surface area contributed by atoms with Crippen molar-refractivity contribution in [2.24, 2.45) is 5.92 Å². The summed E-state index contributed by atoms with van der Waals surface area (Å²) in [5, 5.41) is 6.11. The first kappa shape index (κ1) is 16.4.